The van der Waals surface area contributed by atoms with Gasteiger partial charge >= 0.3 is 11.7 Å². The van der Waals surface area contributed by atoms with Gasteiger partial charge in [0, 0.05) is 24.0 Å². The number of nitro benzene ring substituents is 1. The molecule has 2 aromatic carbocycles. The lowest BCUT2D eigenvalue weighted by Crippen LogP contribution is -2.45. The van der Waals surface area contributed by atoms with Gasteiger partial charge in [0.15, 0.2) is 0 Å². The lowest BCUT2D eigenvalue weighted by molar-refractivity contribution is -0.383. The first-order valence-corrected chi connectivity index (χ1v) is 10.1. The fraction of sp³-hybridized carbons (Fsp3) is 0.333. The molecule has 10 nitrogen and oxygen atoms in total. The van der Waals surface area contributed by atoms with E-state index >= 15 is 0 Å². The Morgan fingerprint density at radius 2 is 1.94 bits per heavy atom. The Hall–Kier alpha value is -3.82. The number of amides is 2. The summed E-state index contributed by atoms with van der Waals surface area (Å²) in [6.07, 6.45) is 0.575. The minimum atomic E-state index is -0.472. The predicted octanol–water partition coefficient (Wildman–Crippen LogP) is 2.83. The number of fused-ring (bicyclic) bond motifs is 6. The summed E-state index contributed by atoms with van der Waals surface area (Å²) in [6, 6.07) is 8.65. The smallest absolute Gasteiger partial charge is 0.336 e. The zero-order valence-corrected chi connectivity index (χ0v) is 17.0. The molecule has 2 N–H and O–H groups in total. The Morgan fingerprint density at radius 3 is 2.61 bits per heavy atom. The summed E-state index contributed by atoms with van der Waals surface area (Å²) in [5.74, 6) is -0.237. The number of carbonyl (C=O) groups excluding carboxylic acids is 1. The Balaban J connectivity index is 1.66. The topological polar surface area (TPSA) is 123 Å². The molecule has 3 aromatic rings. The van der Waals surface area contributed by atoms with Crippen LogP contribution in [0.2, 0.25) is 0 Å². The standard InChI is InChI=1S/C21H21N5O5/c1-11(2)22-20(28)23-10-12-9-17(23)18-19(27)25(21(29)24(12)18)15-7-8-16(26(30)31)14-6-4-3-5-13(14)15/h3-8,11-12,17,27H,9-10H2,1-2H3,(H,22,28)/t12-,17-/m0/s1. The third-order valence-electron chi connectivity index (χ3n) is 6.05. The van der Waals surface area contributed by atoms with Crippen LogP contribution in [0.3, 0.4) is 0 Å². The maximum atomic E-state index is 13.3. The van der Waals surface area contributed by atoms with Gasteiger partial charge < -0.3 is 15.3 Å². The summed E-state index contributed by atoms with van der Waals surface area (Å²) >= 11 is 0. The summed E-state index contributed by atoms with van der Waals surface area (Å²) in [6.45, 7) is 4.13. The third kappa shape index (κ3) is 2.64. The number of urea groups is 1. The molecule has 1 aromatic heterocycles. The van der Waals surface area contributed by atoms with Crippen LogP contribution in [0, 0.1) is 10.1 Å². The van der Waals surface area contributed by atoms with Gasteiger partial charge in [-0.1, -0.05) is 18.2 Å². The van der Waals surface area contributed by atoms with Crippen molar-refractivity contribution in [3.63, 3.8) is 0 Å². The number of rotatable bonds is 3. The number of hydrogen-bond acceptors (Lipinski definition) is 5. The highest BCUT2D eigenvalue weighted by molar-refractivity contribution is 5.97. The number of aromatic hydroxyl groups is 1. The summed E-state index contributed by atoms with van der Waals surface area (Å²) in [7, 11) is 0. The molecule has 31 heavy (non-hydrogen) atoms. The Morgan fingerprint density at radius 1 is 1.23 bits per heavy atom. The second-order valence-electron chi connectivity index (χ2n) is 8.27. The summed E-state index contributed by atoms with van der Waals surface area (Å²) in [5, 5.41) is 26.2. The molecule has 160 valence electrons. The third-order valence-corrected chi connectivity index (χ3v) is 6.05. The Kier molecular flexibility index (Phi) is 4.07. The van der Waals surface area contributed by atoms with Gasteiger partial charge in [0.1, 0.15) is 5.69 Å². The number of aromatic nitrogens is 2. The maximum Gasteiger partial charge on any atom is 0.336 e. The fourth-order valence-corrected chi connectivity index (χ4v) is 4.84. The zero-order chi connectivity index (χ0) is 22.0. The summed E-state index contributed by atoms with van der Waals surface area (Å²) in [4.78, 5) is 38.5. The van der Waals surface area contributed by atoms with Crippen molar-refractivity contribution in [2.45, 2.75) is 38.4 Å². The molecule has 5 rings (SSSR count). The highest BCUT2D eigenvalue weighted by atomic mass is 16.6. The SMILES string of the molecule is CC(C)NC(=O)N1C[C@@H]2C[C@H]1c1c(O)n(-c3ccc([N+](=O)[O-])c4ccccc34)c(=O)n12. The monoisotopic (exact) mass is 423 g/mol. The molecular formula is C21H21N5O5. The molecular weight excluding hydrogens is 402 g/mol. The highest BCUT2D eigenvalue weighted by Gasteiger charge is 2.49. The van der Waals surface area contributed by atoms with Gasteiger partial charge in [-0.3, -0.25) is 14.7 Å². The average molecular weight is 423 g/mol. The maximum absolute atomic E-state index is 13.3. The number of nitrogens with one attached hydrogen (secondary N) is 1. The predicted molar refractivity (Wildman–Crippen MR) is 113 cm³/mol. The number of carbonyl (C=O) groups is 1. The zero-order valence-electron chi connectivity index (χ0n) is 17.0. The second kappa shape index (κ2) is 6.59. The van der Waals surface area contributed by atoms with Crippen molar-refractivity contribution in [2.75, 3.05) is 6.54 Å². The molecule has 0 spiro atoms. The number of hydrogen-bond donors (Lipinski definition) is 2. The number of nitro groups is 1. The van der Waals surface area contributed by atoms with Crippen LogP contribution in [0.5, 0.6) is 5.88 Å². The van der Waals surface area contributed by atoms with E-state index in [0.29, 0.717) is 35.1 Å². The van der Waals surface area contributed by atoms with Gasteiger partial charge in [-0.2, -0.15) is 0 Å². The summed E-state index contributed by atoms with van der Waals surface area (Å²) in [5.41, 5.74) is 0.281. The van der Waals surface area contributed by atoms with Crippen LogP contribution in [0.4, 0.5) is 10.5 Å². The van der Waals surface area contributed by atoms with E-state index < -0.39 is 16.7 Å². The molecule has 0 unspecified atom stereocenters. The highest BCUT2D eigenvalue weighted by Crippen LogP contribution is 2.49. The first-order valence-electron chi connectivity index (χ1n) is 10.1. The van der Waals surface area contributed by atoms with Gasteiger partial charge in [-0.05, 0) is 32.4 Å². The van der Waals surface area contributed by atoms with Crippen molar-refractivity contribution < 1.29 is 14.8 Å². The number of nitrogens with zero attached hydrogens (tertiary/aromatic N) is 4. The minimum Gasteiger partial charge on any atom is -0.493 e. The molecule has 2 aliphatic rings. The van der Waals surface area contributed by atoms with E-state index in [1.807, 2.05) is 13.8 Å². The van der Waals surface area contributed by atoms with Crippen LogP contribution in [0.25, 0.3) is 16.5 Å². The molecule has 0 radical (unpaired) electrons. The number of non-ortho nitro benzene ring substituents is 1. The van der Waals surface area contributed by atoms with E-state index in [2.05, 4.69) is 5.32 Å². The van der Waals surface area contributed by atoms with Crippen molar-refractivity contribution in [3.05, 3.63) is 62.7 Å². The number of benzene rings is 2. The molecule has 2 amide bonds. The number of likely N-dealkylation sites (tertiary alicyclic amines) is 1. The van der Waals surface area contributed by atoms with Crippen LogP contribution in [0.1, 0.15) is 38.0 Å². The molecule has 10 heteroatoms. The Labute approximate surface area is 176 Å². The van der Waals surface area contributed by atoms with Crippen LogP contribution in [-0.4, -0.2) is 42.7 Å². The first-order chi connectivity index (χ1) is 14.8. The first kappa shape index (κ1) is 19.2. The van der Waals surface area contributed by atoms with Crippen LogP contribution in [0.15, 0.2) is 41.2 Å². The van der Waals surface area contributed by atoms with Crippen LogP contribution < -0.4 is 11.0 Å². The molecule has 2 bridgehead atoms. The lowest BCUT2D eigenvalue weighted by atomic mass is 10.1. The molecule has 1 fully saturated rings. The Bertz CT molecular complexity index is 1310. The van der Waals surface area contributed by atoms with Crippen LogP contribution in [-0.2, 0) is 0 Å². The van der Waals surface area contributed by atoms with Crippen molar-refractivity contribution in [2.24, 2.45) is 0 Å². The quantitative estimate of drug-likeness (QED) is 0.495. The van der Waals surface area contributed by atoms with E-state index in [0.717, 1.165) is 0 Å². The van der Waals surface area contributed by atoms with Crippen LogP contribution >= 0.6 is 0 Å². The van der Waals surface area contributed by atoms with E-state index in [1.165, 1.54) is 16.7 Å². The second-order valence-corrected chi connectivity index (χ2v) is 8.27. The van der Waals surface area contributed by atoms with E-state index in [4.69, 9.17) is 0 Å². The van der Waals surface area contributed by atoms with Crippen molar-refractivity contribution in [1.82, 2.24) is 19.4 Å². The normalized spacial score (nSPS) is 19.3. The lowest BCUT2D eigenvalue weighted by Gasteiger charge is -2.28. The van der Waals surface area contributed by atoms with Crippen molar-refractivity contribution >= 4 is 22.5 Å². The number of imidazole rings is 1. The van der Waals surface area contributed by atoms with Gasteiger partial charge in [0.05, 0.1) is 28.1 Å². The molecule has 3 heterocycles. The van der Waals surface area contributed by atoms with Gasteiger partial charge in [-0.15, -0.1) is 0 Å². The molecule has 1 saturated heterocycles. The molecule has 0 aliphatic carbocycles. The molecule has 2 aliphatic heterocycles. The van der Waals surface area contributed by atoms with E-state index in [-0.39, 0.29) is 29.7 Å². The van der Waals surface area contributed by atoms with Crippen molar-refractivity contribution in [3.8, 4) is 11.6 Å². The minimum absolute atomic E-state index is 0.0292. The summed E-state index contributed by atoms with van der Waals surface area (Å²) < 4.78 is 2.74. The fourth-order valence-electron chi connectivity index (χ4n) is 4.84. The van der Waals surface area contributed by atoms with Crippen molar-refractivity contribution in [1.29, 1.82) is 0 Å². The van der Waals surface area contributed by atoms with Gasteiger partial charge in [0.25, 0.3) is 5.69 Å². The van der Waals surface area contributed by atoms with E-state index in [9.17, 15) is 24.8 Å². The van der Waals surface area contributed by atoms with Gasteiger partial charge in [-0.25, -0.2) is 14.2 Å². The average Bonchev–Trinajstić information content (AvgIpc) is 3.38. The van der Waals surface area contributed by atoms with E-state index in [1.54, 1.807) is 33.7 Å². The largest absolute Gasteiger partial charge is 0.493 e. The van der Waals surface area contributed by atoms with Gasteiger partial charge in [0.2, 0.25) is 5.88 Å². The molecule has 2 atom stereocenters. The molecule has 0 saturated carbocycles.